The third kappa shape index (κ3) is 4.84. The van der Waals surface area contributed by atoms with E-state index >= 15 is 0 Å². The number of anilines is 1. The Morgan fingerprint density at radius 1 is 1.07 bits per heavy atom. The van der Waals surface area contributed by atoms with Crippen LogP contribution in [0.1, 0.15) is 31.4 Å². The van der Waals surface area contributed by atoms with E-state index in [-0.39, 0.29) is 11.8 Å². The molecule has 4 aromatic heterocycles. The summed E-state index contributed by atoms with van der Waals surface area (Å²) in [6.07, 6.45) is 13.3. The molecule has 10 nitrogen and oxygen atoms in total. The highest BCUT2D eigenvalue weighted by Gasteiger charge is 2.24. The molecule has 1 N–H and O–H groups in total. The zero-order chi connectivity index (χ0) is 27.6. The van der Waals surface area contributed by atoms with Crippen LogP contribution in [0.25, 0.3) is 27.8 Å². The van der Waals surface area contributed by atoms with Crippen LogP contribution in [-0.2, 0) is 4.79 Å². The number of amides is 1. The average molecular weight is 536 g/mol. The topological polar surface area (TPSA) is 107 Å². The lowest BCUT2D eigenvalue weighted by atomic mass is 10.0. The van der Waals surface area contributed by atoms with E-state index < -0.39 is 0 Å². The number of piperazine rings is 1. The summed E-state index contributed by atoms with van der Waals surface area (Å²) in [5.41, 5.74) is 5.08. The van der Waals surface area contributed by atoms with Gasteiger partial charge in [0.05, 0.1) is 35.4 Å². The standard InChI is InChI=1S/C30H33N9O/c1-3-21(2)30(40)37-12-10-36(11-13-37)28-5-4-22(16-33-28)27-14-23(19-39-29(27)24(15-31)17-35-39)25-18-34-38(20-25)26-6-8-32-9-7-26/h3-5,14,16-21,26,32H,1,6-13H2,2H3. The number of carbonyl (C=O) groups is 1. The van der Waals surface area contributed by atoms with Crippen LogP contribution in [0.3, 0.4) is 0 Å². The molecule has 0 aromatic carbocycles. The lowest BCUT2D eigenvalue weighted by Gasteiger charge is -2.36. The van der Waals surface area contributed by atoms with E-state index in [0.717, 1.165) is 72.6 Å². The van der Waals surface area contributed by atoms with Crippen molar-refractivity contribution < 1.29 is 4.79 Å². The van der Waals surface area contributed by atoms with Crippen molar-refractivity contribution in [1.29, 1.82) is 5.26 Å². The maximum absolute atomic E-state index is 12.5. The average Bonchev–Trinajstić information content (AvgIpc) is 3.68. The zero-order valence-electron chi connectivity index (χ0n) is 22.7. The number of aromatic nitrogens is 5. The highest BCUT2D eigenvalue weighted by molar-refractivity contribution is 5.87. The Bertz CT molecular complexity index is 1560. The minimum absolute atomic E-state index is 0.122. The summed E-state index contributed by atoms with van der Waals surface area (Å²) in [5, 5.41) is 22.3. The normalized spacial score (nSPS) is 17.1. The number of carbonyl (C=O) groups excluding carboxylic acids is 1. The Morgan fingerprint density at radius 2 is 1.88 bits per heavy atom. The molecule has 2 saturated heterocycles. The van der Waals surface area contributed by atoms with Gasteiger partial charge in [0.2, 0.25) is 5.91 Å². The maximum atomic E-state index is 12.5. The molecule has 1 unspecified atom stereocenters. The number of piperidine rings is 1. The van der Waals surface area contributed by atoms with Crippen molar-refractivity contribution >= 4 is 17.2 Å². The van der Waals surface area contributed by atoms with Gasteiger partial charge in [-0.05, 0) is 44.1 Å². The molecule has 2 aliphatic heterocycles. The second-order valence-corrected chi connectivity index (χ2v) is 10.5. The van der Waals surface area contributed by atoms with Crippen molar-refractivity contribution in [1.82, 2.24) is 34.6 Å². The van der Waals surface area contributed by atoms with Gasteiger partial charge in [-0.2, -0.15) is 15.5 Å². The summed E-state index contributed by atoms with van der Waals surface area (Å²) in [4.78, 5) is 21.4. The van der Waals surface area contributed by atoms with Crippen molar-refractivity contribution in [2.75, 3.05) is 44.2 Å². The van der Waals surface area contributed by atoms with E-state index in [4.69, 9.17) is 4.98 Å². The van der Waals surface area contributed by atoms with Crippen molar-refractivity contribution in [3.8, 4) is 28.3 Å². The van der Waals surface area contributed by atoms with Crippen molar-refractivity contribution in [3.05, 3.63) is 67.4 Å². The van der Waals surface area contributed by atoms with Gasteiger partial charge in [0.25, 0.3) is 0 Å². The highest BCUT2D eigenvalue weighted by Crippen LogP contribution is 2.33. The van der Waals surface area contributed by atoms with Crippen LogP contribution in [0, 0.1) is 17.2 Å². The number of fused-ring (bicyclic) bond motifs is 1. The van der Waals surface area contributed by atoms with Gasteiger partial charge in [-0.3, -0.25) is 9.48 Å². The van der Waals surface area contributed by atoms with Crippen LogP contribution in [-0.4, -0.2) is 74.5 Å². The highest BCUT2D eigenvalue weighted by atomic mass is 16.2. The molecule has 6 heterocycles. The smallest absolute Gasteiger partial charge is 0.229 e. The fraction of sp³-hybridized carbons (Fsp3) is 0.367. The van der Waals surface area contributed by atoms with Gasteiger partial charge in [0.1, 0.15) is 11.9 Å². The Hall–Kier alpha value is -4.49. The molecule has 0 radical (unpaired) electrons. The quantitative estimate of drug-likeness (QED) is 0.377. The number of rotatable bonds is 6. The Balaban J connectivity index is 1.27. The van der Waals surface area contributed by atoms with Crippen molar-refractivity contribution in [2.24, 2.45) is 5.92 Å². The fourth-order valence-corrected chi connectivity index (χ4v) is 5.62. The Labute approximate surface area is 233 Å². The maximum Gasteiger partial charge on any atom is 0.229 e. The molecule has 6 rings (SSSR count). The number of nitrogens with one attached hydrogen (secondary N) is 1. The summed E-state index contributed by atoms with van der Waals surface area (Å²) < 4.78 is 3.85. The molecule has 10 heteroatoms. The van der Waals surface area contributed by atoms with Crippen LogP contribution in [0.5, 0.6) is 0 Å². The Morgan fingerprint density at radius 3 is 2.58 bits per heavy atom. The van der Waals surface area contributed by atoms with Crippen molar-refractivity contribution in [2.45, 2.75) is 25.8 Å². The first kappa shape index (κ1) is 25.8. The van der Waals surface area contributed by atoms with E-state index in [1.165, 1.54) is 0 Å². The third-order valence-corrected chi connectivity index (χ3v) is 8.07. The lowest BCUT2D eigenvalue weighted by molar-refractivity contribution is -0.133. The molecule has 4 aromatic rings. The van der Waals surface area contributed by atoms with E-state index in [0.29, 0.717) is 24.7 Å². The monoisotopic (exact) mass is 535 g/mol. The van der Waals surface area contributed by atoms with Gasteiger partial charge in [-0.15, -0.1) is 6.58 Å². The zero-order valence-corrected chi connectivity index (χ0v) is 22.7. The first-order valence-corrected chi connectivity index (χ1v) is 13.8. The summed E-state index contributed by atoms with van der Waals surface area (Å²) >= 11 is 0. The van der Waals surface area contributed by atoms with Gasteiger partial charge < -0.3 is 15.1 Å². The molecule has 2 fully saturated rings. The van der Waals surface area contributed by atoms with Gasteiger partial charge >= 0.3 is 0 Å². The number of hydrogen-bond acceptors (Lipinski definition) is 7. The van der Waals surface area contributed by atoms with Gasteiger partial charge in [0.15, 0.2) is 0 Å². The molecule has 0 spiro atoms. The molecule has 204 valence electrons. The van der Waals surface area contributed by atoms with Crippen molar-refractivity contribution in [3.63, 3.8) is 0 Å². The number of nitrogens with zero attached hydrogens (tertiary/aromatic N) is 8. The molecule has 0 bridgehead atoms. The van der Waals surface area contributed by atoms with Crippen LogP contribution in [0.4, 0.5) is 5.82 Å². The van der Waals surface area contributed by atoms with Gasteiger partial charge in [0, 0.05) is 67.0 Å². The van der Waals surface area contributed by atoms with Gasteiger partial charge in [-0.25, -0.2) is 9.50 Å². The summed E-state index contributed by atoms with van der Waals surface area (Å²) in [7, 11) is 0. The van der Waals surface area contributed by atoms with E-state index in [1.54, 1.807) is 16.8 Å². The van der Waals surface area contributed by atoms with Crippen LogP contribution >= 0.6 is 0 Å². The Kier molecular flexibility index (Phi) is 7.05. The molecule has 1 amide bonds. The van der Waals surface area contributed by atoms with E-state index in [1.807, 2.05) is 42.5 Å². The summed E-state index contributed by atoms with van der Waals surface area (Å²) in [6.45, 7) is 10.4. The first-order chi connectivity index (χ1) is 19.6. The predicted octanol–water partition coefficient (Wildman–Crippen LogP) is 3.53. The van der Waals surface area contributed by atoms with Crippen LogP contribution < -0.4 is 10.2 Å². The molecular weight excluding hydrogens is 502 g/mol. The minimum atomic E-state index is -0.169. The predicted molar refractivity (Wildman–Crippen MR) is 154 cm³/mol. The second kappa shape index (κ2) is 10.9. The number of pyridine rings is 2. The number of hydrogen-bond donors (Lipinski definition) is 1. The van der Waals surface area contributed by atoms with Crippen LogP contribution in [0.15, 0.2) is 61.8 Å². The molecule has 1 atom stereocenters. The summed E-state index contributed by atoms with van der Waals surface area (Å²) in [6, 6.07) is 8.84. The second-order valence-electron chi connectivity index (χ2n) is 10.5. The molecule has 0 saturated carbocycles. The SMILES string of the molecule is C=CC(C)C(=O)N1CCN(c2ccc(-c3cc(-c4cnn(C5CCNCC5)c4)cn4ncc(C#N)c34)cn2)CC1. The first-order valence-electron chi connectivity index (χ1n) is 13.8. The molecule has 40 heavy (non-hydrogen) atoms. The van der Waals surface area contributed by atoms with Gasteiger partial charge in [-0.1, -0.05) is 13.0 Å². The summed E-state index contributed by atoms with van der Waals surface area (Å²) in [5.74, 6) is 0.826. The largest absolute Gasteiger partial charge is 0.353 e. The lowest BCUT2D eigenvalue weighted by Crippen LogP contribution is -2.50. The molecule has 2 aliphatic rings. The number of nitriles is 1. The van der Waals surface area contributed by atoms with E-state index in [9.17, 15) is 10.1 Å². The fourth-order valence-electron chi connectivity index (χ4n) is 5.62. The van der Waals surface area contributed by atoms with E-state index in [2.05, 4.69) is 50.0 Å². The molecule has 0 aliphatic carbocycles. The molecular formula is C30H33N9O. The van der Waals surface area contributed by atoms with Crippen LogP contribution in [0.2, 0.25) is 0 Å². The third-order valence-electron chi connectivity index (χ3n) is 8.07. The minimum Gasteiger partial charge on any atom is -0.353 e.